The lowest BCUT2D eigenvalue weighted by molar-refractivity contribution is 0.0179. The number of nitrogens with one attached hydrogen (secondary N) is 1. The monoisotopic (exact) mass is 299 g/mol. The molecule has 116 valence electrons. The van der Waals surface area contributed by atoms with E-state index in [1.165, 1.54) is 13.2 Å². The molecule has 4 nitrogen and oxygen atoms in total. The third-order valence-electron chi connectivity index (χ3n) is 3.99. The Balaban J connectivity index is 2.12. The fraction of sp³-hybridized carbons (Fsp3) is 0.533. The van der Waals surface area contributed by atoms with Crippen LogP contribution in [-0.2, 0) is 4.74 Å². The van der Waals surface area contributed by atoms with Gasteiger partial charge in [0.1, 0.15) is 11.3 Å². The van der Waals surface area contributed by atoms with Gasteiger partial charge in [0.2, 0.25) is 0 Å². The van der Waals surface area contributed by atoms with Crippen molar-refractivity contribution in [2.45, 2.75) is 19.3 Å². The first-order valence-electron chi connectivity index (χ1n) is 6.82. The Morgan fingerprint density at radius 2 is 2.05 bits per heavy atom. The molecule has 0 bridgehead atoms. The number of hydrogen-bond donors (Lipinski definition) is 1. The molecule has 1 aromatic rings. The first kappa shape index (κ1) is 15.7. The lowest BCUT2D eigenvalue weighted by atomic mass is 9.69. The summed E-state index contributed by atoms with van der Waals surface area (Å²) >= 11 is 0. The SMILES string of the molecule is COCC1(CNC(=O)c2c(OC)ccc(F)c2F)CCC1. The summed E-state index contributed by atoms with van der Waals surface area (Å²) in [5.74, 6) is -2.93. The number of hydrogen-bond acceptors (Lipinski definition) is 3. The Morgan fingerprint density at radius 3 is 2.57 bits per heavy atom. The highest BCUT2D eigenvalue weighted by molar-refractivity contribution is 5.97. The predicted molar refractivity (Wildman–Crippen MR) is 73.4 cm³/mol. The van der Waals surface area contributed by atoms with Crippen LogP contribution in [0.15, 0.2) is 12.1 Å². The van der Waals surface area contributed by atoms with Crippen molar-refractivity contribution in [3.8, 4) is 5.75 Å². The summed E-state index contributed by atoms with van der Waals surface area (Å²) in [5.41, 5.74) is -0.495. The van der Waals surface area contributed by atoms with Gasteiger partial charge in [0.25, 0.3) is 5.91 Å². The maximum Gasteiger partial charge on any atom is 0.258 e. The van der Waals surface area contributed by atoms with Gasteiger partial charge in [-0.15, -0.1) is 0 Å². The van der Waals surface area contributed by atoms with Crippen LogP contribution in [0.1, 0.15) is 29.6 Å². The first-order chi connectivity index (χ1) is 10.0. The summed E-state index contributed by atoms with van der Waals surface area (Å²) in [6, 6.07) is 2.17. The molecular formula is C15H19F2NO3. The Kier molecular flexibility index (Phi) is 4.77. The molecule has 0 spiro atoms. The Hall–Kier alpha value is -1.69. The standard InChI is InChI=1S/C15H19F2NO3/c1-20-9-15(6-3-7-15)8-18-14(19)12-11(21-2)5-4-10(16)13(12)17/h4-5H,3,6-9H2,1-2H3,(H,18,19). The average Bonchev–Trinajstić information content (AvgIpc) is 2.44. The van der Waals surface area contributed by atoms with Crippen LogP contribution < -0.4 is 10.1 Å². The molecule has 1 aliphatic carbocycles. The fourth-order valence-corrected chi connectivity index (χ4v) is 2.63. The van der Waals surface area contributed by atoms with Crippen LogP contribution >= 0.6 is 0 Å². The van der Waals surface area contributed by atoms with Crippen LogP contribution in [0.3, 0.4) is 0 Å². The highest BCUT2D eigenvalue weighted by Crippen LogP contribution is 2.40. The quantitative estimate of drug-likeness (QED) is 0.878. The van der Waals surface area contributed by atoms with Crippen LogP contribution in [0.4, 0.5) is 8.78 Å². The second kappa shape index (κ2) is 6.39. The van der Waals surface area contributed by atoms with Gasteiger partial charge in [0.15, 0.2) is 11.6 Å². The lowest BCUT2D eigenvalue weighted by Crippen LogP contribution is -2.45. The van der Waals surface area contributed by atoms with Gasteiger partial charge >= 0.3 is 0 Å². The van der Waals surface area contributed by atoms with Crippen molar-refractivity contribution in [1.29, 1.82) is 0 Å². The normalized spacial score (nSPS) is 16.2. The third-order valence-corrected chi connectivity index (χ3v) is 3.99. The van der Waals surface area contributed by atoms with Crippen molar-refractivity contribution in [1.82, 2.24) is 5.32 Å². The number of benzene rings is 1. The smallest absolute Gasteiger partial charge is 0.258 e. The van der Waals surface area contributed by atoms with Crippen molar-refractivity contribution in [2.75, 3.05) is 27.4 Å². The Bertz CT molecular complexity index is 530. The van der Waals surface area contributed by atoms with E-state index >= 15 is 0 Å². The number of halogens is 2. The van der Waals surface area contributed by atoms with Gasteiger partial charge in [-0.2, -0.15) is 0 Å². The molecule has 1 amide bonds. The molecule has 0 saturated heterocycles. The highest BCUT2D eigenvalue weighted by atomic mass is 19.2. The van der Waals surface area contributed by atoms with Gasteiger partial charge in [-0.1, -0.05) is 6.42 Å². The minimum absolute atomic E-state index is 0.0146. The average molecular weight is 299 g/mol. The zero-order valence-corrected chi connectivity index (χ0v) is 12.2. The largest absolute Gasteiger partial charge is 0.496 e. The summed E-state index contributed by atoms with van der Waals surface area (Å²) in [4.78, 5) is 12.1. The Morgan fingerprint density at radius 1 is 1.33 bits per heavy atom. The van der Waals surface area contributed by atoms with E-state index in [4.69, 9.17) is 9.47 Å². The molecular weight excluding hydrogens is 280 g/mol. The maximum atomic E-state index is 13.8. The molecule has 2 rings (SSSR count). The number of carbonyl (C=O) groups is 1. The van der Waals surface area contributed by atoms with Crippen LogP contribution in [0.5, 0.6) is 5.75 Å². The molecule has 0 heterocycles. The fourth-order valence-electron chi connectivity index (χ4n) is 2.63. The minimum atomic E-state index is -1.19. The van der Waals surface area contributed by atoms with E-state index in [2.05, 4.69) is 5.32 Å². The van der Waals surface area contributed by atoms with E-state index < -0.39 is 23.1 Å². The molecule has 0 aromatic heterocycles. The third kappa shape index (κ3) is 3.15. The summed E-state index contributed by atoms with van der Waals surface area (Å²) in [7, 11) is 2.92. The molecule has 21 heavy (non-hydrogen) atoms. The molecule has 0 radical (unpaired) electrons. The van der Waals surface area contributed by atoms with Gasteiger partial charge < -0.3 is 14.8 Å². The molecule has 1 aliphatic rings. The number of methoxy groups -OCH3 is 2. The van der Waals surface area contributed by atoms with Crippen molar-refractivity contribution < 1.29 is 23.0 Å². The predicted octanol–water partition coefficient (Wildman–Crippen LogP) is 2.52. The van der Waals surface area contributed by atoms with Crippen LogP contribution in [0, 0.1) is 17.0 Å². The maximum absolute atomic E-state index is 13.8. The highest BCUT2D eigenvalue weighted by Gasteiger charge is 2.37. The van der Waals surface area contributed by atoms with E-state index in [0.717, 1.165) is 25.3 Å². The molecule has 0 atom stereocenters. The summed E-state index contributed by atoms with van der Waals surface area (Å²) in [6.45, 7) is 0.912. The lowest BCUT2D eigenvalue weighted by Gasteiger charge is -2.41. The minimum Gasteiger partial charge on any atom is -0.496 e. The van der Waals surface area contributed by atoms with E-state index in [1.807, 2.05) is 0 Å². The van der Waals surface area contributed by atoms with E-state index in [9.17, 15) is 13.6 Å². The van der Waals surface area contributed by atoms with Crippen LogP contribution in [0.25, 0.3) is 0 Å². The number of carbonyl (C=O) groups excluding carboxylic acids is 1. The summed E-state index contributed by atoms with van der Waals surface area (Å²) in [5, 5.41) is 2.66. The Labute approximate surface area is 122 Å². The van der Waals surface area contributed by atoms with Gasteiger partial charge in [0, 0.05) is 19.1 Å². The van der Waals surface area contributed by atoms with Crippen molar-refractivity contribution in [3.63, 3.8) is 0 Å². The van der Waals surface area contributed by atoms with Gasteiger partial charge in [-0.3, -0.25) is 4.79 Å². The second-order valence-electron chi connectivity index (χ2n) is 5.41. The van der Waals surface area contributed by atoms with Crippen molar-refractivity contribution in [2.24, 2.45) is 5.41 Å². The van der Waals surface area contributed by atoms with Gasteiger partial charge in [0.05, 0.1) is 13.7 Å². The van der Waals surface area contributed by atoms with Crippen LogP contribution in [0.2, 0.25) is 0 Å². The number of rotatable bonds is 6. The van der Waals surface area contributed by atoms with E-state index in [-0.39, 0.29) is 11.2 Å². The van der Waals surface area contributed by atoms with E-state index in [1.54, 1.807) is 7.11 Å². The molecule has 1 saturated carbocycles. The zero-order chi connectivity index (χ0) is 15.5. The van der Waals surface area contributed by atoms with E-state index in [0.29, 0.717) is 13.2 Å². The first-order valence-corrected chi connectivity index (χ1v) is 6.82. The van der Waals surface area contributed by atoms with Crippen molar-refractivity contribution in [3.05, 3.63) is 29.3 Å². The molecule has 6 heteroatoms. The zero-order valence-electron chi connectivity index (χ0n) is 12.2. The molecule has 1 fully saturated rings. The molecule has 0 aliphatic heterocycles. The molecule has 1 aromatic carbocycles. The second-order valence-corrected chi connectivity index (χ2v) is 5.41. The topological polar surface area (TPSA) is 47.6 Å². The molecule has 0 unspecified atom stereocenters. The van der Waals surface area contributed by atoms with Crippen LogP contribution in [-0.4, -0.2) is 33.3 Å². The van der Waals surface area contributed by atoms with Gasteiger partial charge in [-0.05, 0) is 25.0 Å². The summed E-state index contributed by atoms with van der Waals surface area (Å²) in [6.07, 6.45) is 2.98. The van der Waals surface area contributed by atoms with Gasteiger partial charge in [-0.25, -0.2) is 8.78 Å². The summed E-state index contributed by atoms with van der Waals surface area (Å²) < 4.78 is 37.2. The molecule has 1 N–H and O–H groups in total. The number of amides is 1. The van der Waals surface area contributed by atoms with Crippen molar-refractivity contribution >= 4 is 5.91 Å². The number of ether oxygens (including phenoxy) is 2.